The summed E-state index contributed by atoms with van der Waals surface area (Å²) in [5.74, 6) is 0. The summed E-state index contributed by atoms with van der Waals surface area (Å²) in [6.45, 7) is 5.68. The Bertz CT molecular complexity index is 319. The van der Waals surface area contributed by atoms with Crippen LogP contribution in [0.4, 0.5) is 4.79 Å². The maximum Gasteiger partial charge on any atom is 0.513 e. The van der Waals surface area contributed by atoms with Gasteiger partial charge in [-0.3, -0.25) is 0 Å². The lowest BCUT2D eigenvalue weighted by Crippen LogP contribution is -2.48. The van der Waals surface area contributed by atoms with Crippen molar-refractivity contribution in [3.63, 3.8) is 0 Å². The molecule has 0 heterocycles. The zero-order valence-electron chi connectivity index (χ0n) is 18.2. The predicted molar refractivity (Wildman–Crippen MR) is 114 cm³/mol. The number of unbranched alkanes of at least 4 members (excludes halogenated alkanes) is 16. The summed E-state index contributed by atoms with van der Waals surface area (Å²) >= 11 is 0. The first kappa shape index (κ1) is 25.4. The second-order valence-electron chi connectivity index (χ2n) is 8.38. The first-order valence-electron chi connectivity index (χ1n) is 11.6. The van der Waals surface area contributed by atoms with E-state index in [9.17, 15) is 9.90 Å². The van der Waals surface area contributed by atoms with Crippen LogP contribution in [0.5, 0.6) is 0 Å². The van der Waals surface area contributed by atoms with Gasteiger partial charge in [0, 0.05) is 0 Å². The van der Waals surface area contributed by atoms with Gasteiger partial charge in [0.25, 0.3) is 0 Å². The number of carbonyl (C=O) groups is 1. The average molecular weight is 371 g/mol. The molecule has 0 aromatic carbocycles. The van der Waals surface area contributed by atoms with Gasteiger partial charge in [0.15, 0.2) is 0 Å². The number of hydrogen-bond donors (Lipinski definition) is 1. The normalized spacial score (nSPS) is 13.7. The molecule has 0 aliphatic heterocycles. The number of hydrogen-bond acceptors (Lipinski definition) is 1. The SMILES string of the molecule is CCCCCCCCCCCCCCCCCCC[N+](C)(CC)C(=O)O. The summed E-state index contributed by atoms with van der Waals surface area (Å²) in [4.78, 5) is 11.2. The summed E-state index contributed by atoms with van der Waals surface area (Å²) < 4.78 is 0.165. The third-order valence-electron chi connectivity index (χ3n) is 5.91. The molecule has 26 heavy (non-hydrogen) atoms. The number of nitrogens with zero attached hydrogens (tertiary/aromatic N) is 1. The van der Waals surface area contributed by atoms with Crippen LogP contribution >= 0.6 is 0 Å². The average Bonchev–Trinajstić information content (AvgIpc) is 2.63. The standard InChI is InChI=1S/C23H47NO2/c1-4-6-7-8-9-10-11-12-13-14-15-16-17-18-19-20-21-22-24(3,5-2)23(25)26/h4-22H2,1-3H3/p+1. The molecular weight excluding hydrogens is 322 g/mol. The third-order valence-corrected chi connectivity index (χ3v) is 5.91. The molecule has 0 fully saturated rings. The topological polar surface area (TPSA) is 37.3 Å². The van der Waals surface area contributed by atoms with E-state index in [0.717, 1.165) is 13.0 Å². The molecule has 1 amide bonds. The van der Waals surface area contributed by atoms with Crippen LogP contribution in [-0.4, -0.2) is 35.8 Å². The largest absolute Gasteiger partial charge is 0.513 e. The molecule has 1 unspecified atom stereocenters. The van der Waals surface area contributed by atoms with Gasteiger partial charge in [-0.25, -0.2) is 4.48 Å². The first-order valence-corrected chi connectivity index (χ1v) is 11.6. The molecule has 3 nitrogen and oxygen atoms in total. The fourth-order valence-corrected chi connectivity index (χ4v) is 3.57. The maximum atomic E-state index is 11.2. The third kappa shape index (κ3) is 14.6. The zero-order valence-corrected chi connectivity index (χ0v) is 18.2. The number of carboxylic acid groups (broad SMARTS) is 1. The molecule has 0 saturated heterocycles. The Morgan fingerprint density at radius 3 is 1.19 bits per heavy atom. The summed E-state index contributed by atoms with van der Waals surface area (Å²) in [6.07, 6.45) is 22.5. The molecule has 1 atom stereocenters. The van der Waals surface area contributed by atoms with E-state index in [-0.39, 0.29) is 4.48 Å². The molecular formula is C23H48NO2+. The van der Waals surface area contributed by atoms with Crippen LogP contribution in [0.3, 0.4) is 0 Å². The van der Waals surface area contributed by atoms with E-state index in [2.05, 4.69) is 6.92 Å². The Balaban J connectivity index is 3.21. The van der Waals surface area contributed by atoms with Crippen molar-refractivity contribution in [3.05, 3.63) is 0 Å². The van der Waals surface area contributed by atoms with Crippen molar-refractivity contribution >= 4 is 6.09 Å². The van der Waals surface area contributed by atoms with Crippen molar-refractivity contribution in [3.8, 4) is 0 Å². The Kier molecular flexibility index (Phi) is 17.4. The van der Waals surface area contributed by atoms with Gasteiger partial charge < -0.3 is 5.11 Å². The van der Waals surface area contributed by atoms with Gasteiger partial charge in [-0.1, -0.05) is 103 Å². The van der Waals surface area contributed by atoms with E-state index >= 15 is 0 Å². The minimum atomic E-state index is -0.691. The van der Waals surface area contributed by atoms with Gasteiger partial charge in [0.1, 0.15) is 0 Å². The summed E-state index contributed by atoms with van der Waals surface area (Å²) in [5, 5.41) is 9.24. The lowest BCUT2D eigenvalue weighted by Gasteiger charge is -2.26. The number of amides is 1. The fraction of sp³-hybridized carbons (Fsp3) is 0.957. The Labute approximate surface area is 164 Å². The van der Waals surface area contributed by atoms with Gasteiger partial charge in [-0.15, -0.1) is 0 Å². The summed E-state index contributed by atoms with van der Waals surface area (Å²) in [6, 6.07) is 0. The smallest absolute Gasteiger partial charge is 0.435 e. The highest BCUT2D eigenvalue weighted by Crippen LogP contribution is 2.14. The highest BCUT2D eigenvalue weighted by atomic mass is 16.4. The van der Waals surface area contributed by atoms with Crippen molar-refractivity contribution in [2.75, 3.05) is 20.1 Å². The molecule has 0 aromatic rings. The number of rotatable bonds is 19. The molecule has 156 valence electrons. The monoisotopic (exact) mass is 370 g/mol. The number of quaternary nitrogens is 1. The lowest BCUT2D eigenvalue weighted by atomic mass is 10.0. The second-order valence-corrected chi connectivity index (χ2v) is 8.38. The van der Waals surface area contributed by atoms with Crippen LogP contribution in [0.15, 0.2) is 0 Å². The quantitative estimate of drug-likeness (QED) is 0.186. The summed E-state index contributed by atoms with van der Waals surface area (Å²) in [5.41, 5.74) is 0. The van der Waals surface area contributed by atoms with E-state index < -0.39 is 6.09 Å². The van der Waals surface area contributed by atoms with Gasteiger partial charge >= 0.3 is 6.09 Å². The van der Waals surface area contributed by atoms with Crippen LogP contribution in [0.2, 0.25) is 0 Å². The molecule has 0 spiro atoms. The van der Waals surface area contributed by atoms with Crippen molar-refractivity contribution in [1.29, 1.82) is 0 Å². The highest BCUT2D eigenvalue weighted by molar-refractivity contribution is 5.56. The zero-order chi connectivity index (χ0) is 19.5. The fourth-order valence-electron chi connectivity index (χ4n) is 3.57. The molecule has 0 radical (unpaired) electrons. The first-order chi connectivity index (χ1) is 12.6. The molecule has 3 heteroatoms. The maximum absolute atomic E-state index is 11.2. The van der Waals surface area contributed by atoms with Crippen LogP contribution in [0.1, 0.15) is 123 Å². The molecule has 0 saturated carbocycles. The van der Waals surface area contributed by atoms with Crippen molar-refractivity contribution in [2.24, 2.45) is 0 Å². The van der Waals surface area contributed by atoms with E-state index in [0.29, 0.717) is 6.54 Å². The second kappa shape index (κ2) is 17.8. The van der Waals surface area contributed by atoms with Crippen LogP contribution in [0.25, 0.3) is 0 Å². The molecule has 0 aromatic heterocycles. The molecule has 0 bridgehead atoms. The van der Waals surface area contributed by atoms with Gasteiger partial charge in [-0.2, -0.15) is 4.79 Å². The predicted octanol–water partition coefficient (Wildman–Crippen LogP) is 7.78. The molecule has 1 N–H and O–H groups in total. The molecule has 0 aliphatic carbocycles. The molecule has 0 aliphatic rings. The Morgan fingerprint density at radius 2 is 0.923 bits per heavy atom. The lowest BCUT2D eigenvalue weighted by molar-refractivity contribution is -0.835. The highest BCUT2D eigenvalue weighted by Gasteiger charge is 2.28. The minimum absolute atomic E-state index is 0.165. The van der Waals surface area contributed by atoms with Gasteiger partial charge in [0.2, 0.25) is 0 Å². The van der Waals surface area contributed by atoms with Crippen molar-refractivity contribution in [2.45, 2.75) is 123 Å². The Hall–Kier alpha value is -0.570. The summed E-state index contributed by atoms with van der Waals surface area (Å²) in [7, 11) is 1.83. The Morgan fingerprint density at radius 1 is 0.615 bits per heavy atom. The van der Waals surface area contributed by atoms with Crippen LogP contribution in [0, 0.1) is 0 Å². The van der Waals surface area contributed by atoms with Crippen molar-refractivity contribution < 1.29 is 14.4 Å². The molecule has 0 rings (SSSR count). The van der Waals surface area contributed by atoms with E-state index in [1.807, 2.05) is 14.0 Å². The van der Waals surface area contributed by atoms with Crippen LogP contribution in [-0.2, 0) is 0 Å². The van der Waals surface area contributed by atoms with Gasteiger partial charge in [-0.05, 0) is 19.8 Å². The van der Waals surface area contributed by atoms with E-state index in [1.54, 1.807) is 0 Å². The van der Waals surface area contributed by atoms with E-state index in [4.69, 9.17) is 0 Å². The van der Waals surface area contributed by atoms with Crippen molar-refractivity contribution in [1.82, 2.24) is 0 Å². The van der Waals surface area contributed by atoms with Gasteiger partial charge in [0.05, 0.1) is 20.1 Å². The minimum Gasteiger partial charge on any atom is -0.435 e. The van der Waals surface area contributed by atoms with Crippen LogP contribution < -0.4 is 0 Å². The van der Waals surface area contributed by atoms with E-state index in [1.165, 1.54) is 103 Å².